The minimum absolute atomic E-state index is 0.120. The monoisotopic (exact) mass is 263 g/mol. The maximum absolute atomic E-state index is 11.3. The zero-order valence-electron chi connectivity index (χ0n) is 9.18. The van der Waals surface area contributed by atoms with E-state index in [9.17, 15) is 9.36 Å². The Kier molecular flexibility index (Phi) is 4.41. The van der Waals surface area contributed by atoms with Crippen molar-refractivity contribution in [3.05, 3.63) is 22.7 Å². The maximum atomic E-state index is 11.3. The number of hydrogen-bond donors (Lipinski definition) is 3. The van der Waals surface area contributed by atoms with Crippen LogP contribution in [0.15, 0.2) is 17.1 Å². The van der Waals surface area contributed by atoms with Gasteiger partial charge in [-0.25, -0.2) is 4.79 Å². The second kappa shape index (κ2) is 5.42. The van der Waals surface area contributed by atoms with Crippen LogP contribution in [0.4, 0.5) is 5.82 Å². The maximum Gasteiger partial charge on any atom is 0.350 e. The van der Waals surface area contributed by atoms with E-state index in [0.717, 1.165) is 0 Å². The lowest BCUT2D eigenvalue weighted by molar-refractivity contribution is 0.0747. The van der Waals surface area contributed by atoms with Gasteiger partial charge in [-0.05, 0) is 13.0 Å². The molecule has 1 rings (SSSR count). The Morgan fingerprint density at radius 3 is 2.82 bits per heavy atom. The minimum Gasteiger partial charge on any atom is -0.383 e. The van der Waals surface area contributed by atoms with Crippen LogP contribution in [0, 0.1) is 0 Å². The smallest absolute Gasteiger partial charge is 0.350 e. The first-order valence-electron chi connectivity index (χ1n) is 4.77. The van der Waals surface area contributed by atoms with Crippen LogP contribution >= 0.6 is 7.60 Å². The molecule has 1 aromatic heterocycles. The largest absolute Gasteiger partial charge is 0.383 e. The van der Waals surface area contributed by atoms with Crippen molar-refractivity contribution in [2.75, 3.05) is 12.1 Å². The van der Waals surface area contributed by atoms with E-state index in [1.807, 2.05) is 0 Å². The number of aromatic nitrogens is 2. The quantitative estimate of drug-likeness (QED) is 0.603. The molecule has 0 saturated heterocycles. The van der Waals surface area contributed by atoms with Gasteiger partial charge >= 0.3 is 13.3 Å². The summed E-state index contributed by atoms with van der Waals surface area (Å²) in [5.74, 6) is 0.120. The Balaban J connectivity index is 2.59. The molecule has 1 aromatic rings. The van der Waals surface area contributed by atoms with E-state index in [2.05, 4.69) is 4.98 Å². The number of nitrogen functional groups attached to an aromatic ring is 1. The average molecular weight is 263 g/mol. The summed E-state index contributed by atoms with van der Waals surface area (Å²) in [7, 11) is -4.19. The predicted molar refractivity (Wildman–Crippen MR) is 60.4 cm³/mol. The summed E-state index contributed by atoms with van der Waals surface area (Å²) in [6.07, 6.45) is 0.249. The lowest BCUT2D eigenvalue weighted by Gasteiger charge is -2.14. The van der Waals surface area contributed by atoms with E-state index in [1.54, 1.807) is 6.92 Å². The van der Waals surface area contributed by atoms with Gasteiger partial charge in [0.25, 0.3) is 0 Å². The highest BCUT2D eigenvalue weighted by molar-refractivity contribution is 7.51. The molecule has 0 saturated carbocycles. The van der Waals surface area contributed by atoms with Gasteiger partial charge in [0.2, 0.25) is 0 Å². The fourth-order valence-electron chi connectivity index (χ4n) is 1.14. The van der Waals surface area contributed by atoms with Gasteiger partial charge < -0.3 is 20.3 Å². The summed E-state index contributed by atoms with van der Waals surface area (Å²) in [5, 5.41) is 0. The number of anilines is 1. The average Bonchev–Trinajstić information content (AvgIpc) is 2.18. The molecule has 0 amide bonds. The van der Waals surface area contributed by atoms with Gasteiger partial charge in [0.05, 0.1) is 12.6 Å². The van der Waals surface area contributed by atoms with Crippen molar-refractivity contribution in [1.82, 2.24) is 9.55 Å². The molecule has 1 unspecified atom stereocenters. The van der Waals surface area contributed by atoms with Gasteiger partial charge in [0, 0.05) is 6.20 Å². The minimum atomic E-state index is -4.19. The van der Waals surface area contributed by atoms with Crippen LogP contribution < -0.4 is 11.4 Å². The van der Waals surface area contributed by atoms with Gasteiger partial charge in [-0.3, -0.25) is 9.13 Å². The molecule has 17 heavy (non-hydrogen) atoms. The number of nitrogens with zero attached hydrogens (tertiary/aromatic N) is 2. The molecule has 0 aliphatic heterocycles. The van der Waals surface area contributed by atoms with Crippen molar-refractivity contribution >= 4 is 13.4 Å². The second-order valence-corrected chi connectivity index (χ2v) is 5.15. The molecule has 8 nitrogen and oxygen atoms in total. The zero-order valence-corrected chi connectivity index (χ0v) is 10.1. The highest BCUT2D eigenvalue weighted by Gasteiger charge is 2.15. The number of rotatable bonds is 5. The molecule has 0 radical (unpaired) electrons. The summed E-state index contributed by atoms with van der Waals surface area (Å²) < 4.78 is 16.7. The lowest BCUT2D eigenvalue weighted by Crippen LogP contribution is -2.28. The third-order valence-electron chi connectivity index (χ3n) is 1.88. The SMILES string of the molecule is CC(Cn1ccc(N)nc1=O)OCP(=O)(O)O. The lowest BCUT2D eigenvalue weighted by atomic mass is 10.4. The van der Waals surface area contributed by atoms with Gasteiger partial charge in [-0.2, -0.15) is 4.98 Å². The van der Waals surface area contributed by atoms with E-state index in [-0.39, 0.29) is 12.4 Å². The van der Waals surface area contributed by atoms with Gasteiger partial charge in [-0.15, -0.1) is 0 Å². The number of nitrogens with two attached hydrogens (primary N) is 1. The molecule has 1 heterocycles. The molecule has 96 valence electrons. The van der Waals surface area contributed by atoms with Gasteiger partial charge in [0.1, 0.15) is 12.2 Å². The summed E-state index contributed by atoms with van der Waals surface area (Å²) in [4.78, 5) is 32.1. The van der Waals surface area contributed by atoms with Crippen LogP contribution in [-0.2, 0) is 15.8 Å². The Bertz CT molecular complexity index is 482. The van der Waals surface area contributed by atoms with E-state index < -0.39 is 25.7 Å². The molecule has 0 bridgehead atoms. The molecule has 0 spiro atoms. The topological polar surface area (TPSA) is 128 Å². The van der Waals surface area contributed by atoms with Crippen molar-refractivity contribution < 1.29 is 19.1 Å². The van der Waals surface area contributed by atoms with Crippen molar-refractivity contribution in [2.45, 2.75) is 19.6 Å². The Morgan fingerprint density at radius 2 is 2.29 bits per heavy atom. The molecule has 0 aromatic carbocycles. The Morgan fingerprint density at radius 1 is 1.65 bits per heavy atom. The summed E-state index contributed by atoms with van der Waals surface area (Å²) in [6, 6.07) is 1.46. The molecule has 4 N–H and O–H groups in total. The summed E-state index contributed by atoms with van der Waals surface area (Å²) in [6.45, 7) is 1.74. The molecule has 0 aliphatic rings. The Labute approximate surface area is 97.2 Å². The van der Waals surface area contributed by atoms with Crippen molar-refractivity contribution in [2.24, 2.45) is 0 Å². The highest BCUT2D eigenvalue weighted by Crippen LogP contribution is 2.34. The van der Waals surface area contributed by atoms with E-state index in [1.165, 1.54) is 16.8 Å². The first-order valence-corrected chi connectivity index (χ1v) is 6.57. The fraction of sp³-hybridized carbons (Fsp3) is 0.500. The van der Waals surface area contributed by atoms with E-state index in [0.29, 0.717) is 0 Å². The van der Waals surface area contributed by atoms with E-state index >= 15 is 0 Å². The molecule has 0 aliphatic carbocycles. The molecular formula is C8H14N3O5P. The first kappa shape index (κ1) is 13.9. The van der Waals surface area contributed by atoms with Crippen LogP contribution in [-0.4, -0.2) is 31.8 Å². The number of ether oxygens (including phenoxy) is 1. The fourth-order valence-corrected chi connectivity index (χ4v) is 1.58. The molecule has 9 heteroatoms. The summed E-state index contributed by atoms with van der Waals surface area (Å²) >= 11 is 0. The third-order valence-corrected chi connectivity index (χ3v) is 2.36. The normalized spacial score (nSPS) is 13.6. The molecule has 1 atom stereocenters. The van der Waals surface area contributed by atoms with Crippen molar-refractivity contribution in [3.8, 4) is 0 Å². The van der Waals surface area contributed by atoms with Crippen molar-refractivity contribution in [3.63, 3.8) is 0 Å². The number of hydrogen-bond acceptors (Lipinski definition) is 5. The second-order valence-electron chi connectivity index (χ2n) is 3.56. The van der Waals surface area contributed by atoms with Crippen LogP contribution in [0.2, 0.25) is 0 Å². The van der Waals surface area contributed by atoms with Crippen LogP contribution in [0.5, 0.6) is 0 Å². The standard InChI is InChI=1S/C8H14N3O5P/c1-6(16-5-17(13,14)15)4-11-3-2-7(9)10-8(11)12/h2-3,6H,4-5H2,1H3,(H2,9,10,12)(H2,13,14,15). The summed E-state index contributed by atoms with van der Waals surface area (Å²) in [5.41, 5.74) is 4.78. The van der Waals surface area contributed by atoms with Crippen molar-refractivity contribution in [1.29, 1.82) is 0 Å². The molecular weight excluding hydrogens is 249 g/mol. The van der Waals surface area contributed by atoms with Gasteiger partial charge in [0.15, 0.2) is 0 Å². The van der Waals surface area contributed by atoms with Gasteiger partial charge in [-0.1, -0.05) is 0 Å². The molecule has 0 fully saturated rings. The highest BCUT2D eigenvalue weighted by atomic mass is 31.2. The first-order chi connectivity index (χ1) is 7.78. The third kappa shape index (κ3) is 5.10. The zero-order chi connectivity index (χ0) is 13.1. The van der Waals surface area contributed by atoms with E-state index in [4.69, 9.17) is 20.3 Å². The van der Waals surface area contributed by atoms with Crippen LogP contribution in [0.25, 0.3) is 0 Å². The predicted octanol–water partition coefficient (Wildman–Crippen LogP) is -0.634. The van der Waals surface area contributed by atoms with Crippen LogP contribution in [0.3, 0.4) is 0 Å². The van der Waals surface area contributed by atoms with Crippen LogP contribution in [0.1, 0.15) is 6.92 Å². The Hall–Kier alpha value is -1.21.